The highest BCUT2D eigenvalue weighted by Gasteiger charge is 2.12. The Kier molecular flexibility index (Phi) is 4.81. The average Bonchev–Trinajstić information content (AvgIpc) is 2.92. The quantitative estimate of drug-likeness (QED) is 0.833. The maximum absolute atomic E-state index is 11.9. The van der Waals surface area contributed by atoms with Gasteiger partial charge in [0.1, 0.15) is 0 Å². The Bertz CT molecular complexity index is 647. The van der Waals surface area contributed by atoms with Gasteiger partial charge >= 0.3 is 5.97 Å². The van der Waals surface area contributed by atoms with Gasteiger partial charge in [0.05, 0.1) is 16.2 Å². The van der Waals surface area contributed by atoms with E-state index in [9.17, 15) is 13.8 Å². The van der Waals surface area contributed by atoms with Crippen LogP contribution in [0.1, 0.15) is 25.6 Å². The summed E-state index contributed by atoms with van der Waals surface area (Å²) in [5.74, 6) is -1.03. The molecular weight excluding hydrogens is 296 g/mol. The maximum Gasteiger partial charge on any atom is 0.335 e. The number of carboxylic acid groups (broad SMARTS) is 1. The molecule has 0 spiro atoms. The fraction of sp³-hybridized carbons (Fsp3) is 0.143. The van der Waals surface area contributed by atoms with Gasteiger partial charge in [-0.2, -0.15) is 0 Å². The SMILES string of the molecule is O=C(O)c1cccc(CS(=O)CC(=O)c2cccs2)c1. The van der Waals surface area contributed by atoms with Crippen LogP contribution >= 0.6 is 11.3 Å². The molecule has 1 aromatic heterocycles. The zero-order valence-corrected chi connectivity index (χ0v) is 12.1. The topological polar surface area (TPSA) is 71.4 Å². The largest absolute Gasteiger partial charge is 0.478 e. The summed E-state index contributed by atoms with van der Waals surface area (Å²) in [7, 11) is -1.34. The van der Waals surface area contributed by atoms with E-state index in [4.69, 9.17) is 5.11 Å². The van der Waals surface area contributed by atoms with Crippen LogP contribution in [0.15, 0.2) is 41.8 Å². The molecule has 0 radical (unpaired) electrons. The highest BCUT2D eigenvalue weighted by atomic mass is 32.2. The van der Waals surface area contributed by atoms with Crippen LogP contribution in [-0.4, -0.2) is 26.8 Å². The number of carboxylic acids is 1. The number of hydrogen-bond donors (Lipinski definition) is 1. The lowest BCUT2D eigenvalue weighted by Gasteiger charge is -2.03. The summed E-state index contributed by atoms with van der Waals surface area (Å²) in [4.78, 5) is 23.2. The molecule has 1 atom stereocenters. The maximum atomic E-state index is 11.9. The van der Waals surface area contributed by atoms with E-state index >= 15 is 0 Å². The first-order valence-electron chi connectivity index (χ1n) is 5.80. The molecule has 4 nitrogen and oxygen atoms in total. The van der Waals surface area contributed by atoms with Crippen molar-refractivity contribution < 1.29 is 18.9 Å². The second-order valence-electron chi connectivity index (χ2n) is 4.13. The number of aromatic carboxylic acids is 1. The number of ketones is 1. The minimum absolute atomic E-state index is 0.0438. The summed E-state index contributed by atoms with van der Waals surface area (Å²) in [6.45, 7) is 0. The van der Waals surface area contributed by atoms with Gasteiger partial charge in [0.15, 0.2) is 5.78 Å². The molecule has 0 fully saturated rings. The highest BCUT2D eigenvalue weighted by molar-refractivity contribution is 7.85. The van der Waals surface area contributed by atoms with Crippen molar-refractivity contribution in [3.8, 4) is 0 Å². The van der Waals surface area contributed by atoms with Crippen LogP contribution in [0.3, 0.4) is 0 Å². The molecule has 104 valence electrons. The first-order chi connectivity index (χ1) is 9.56. The van der Waals surface area contributed by atoms with Crippen molar-refractivity contribution in [2.24, 2.45) is 0 Å². The molecule has 1 unspecified atom stereocenters. The highest BCUT2D eigenvalue weighted by Crippen LogP contribution is 2.12. The lowest BCUT2D eigenvalue weighted by molar-refractivity contribution is 0.0696. The minimum atomic E-state index is -1.34. The van der Waals surface area contributed by atoms with E-state index in [-0.39, 0.29) is 22.9 Å². The summed E-state index contributed by atoms with van der Waals surface area (Å²) in [5, 5.41) is 10.7. The Morgan fingerprint density at radius 3 is 2.65 bits per heavy atom. The first kappa shape index (κ1) is 14.6. The number of carbonyl (C=O) groups is 2. The zero-order valence-electron chi connectivity index (χ0n) is 10.4. The molecule has 0 aliphatic carbocycles. The van der Waals surface area contributed by atoms with Crippen molar-refractivity contribution >= 4 is 33.9 Å². The van der Waals surface area contributed by atoms with Gasteiger partial charge in [-0.1, -0.05) is 18.2 Å². The summed E-state index contributed by atoms with van der Waals surface area (Å²) >= 11 is 1.32. The normalized spacial score (nSPS) is 12.0. The molecule has 1 heterocycles. The molecule has 0 amide bonds. The van der Waals surface area contributed by atoms with Gasteiger partial charge < -0.3 is 5.11 Å². The fourth-order valence-corrected chi connectivity index (χ4v) is 3.54. The third-order valence-corrected chi connectivity index (χ3v) is 4.74. The van der Waals surface area contributed by atoms with Crippen molar-refractivity contribution in [1.29, 1.82) is 0 Å². The van der Waals surface area contributed by atoms with Gasteiger partial charge in [-0.05, 0) is 29.1 Å². The Hall–Kier alpha value is -1.79. The van der Waals surface area contributed by atoms with Gasteiger partial charge in [-0.3, -0.25) is 9.00 Å². The number of Topliss-reactive ketones (excluding diaryl/α,β-unsaturated/α-hetero) is 1. The Balaban J connectivity index is 1.99. The molecular formula is C14H12O4S2. The molecule has 20 heavy (non-hydrogen) atoms. The van der Waals surface area contributed by atoms with Crippen LogP contribution < -0.4 is 0 Å². The van der Waals surface area contributed by atoms with Crippen molar-refractivity contribution in [3.63, 3.8) is 0 Å². The van der Waals surface area contributed by atoms with Crippen LogP contribution in [0.4, 0.5) is 0 Å². The molecule has 0 bridgehead atoms. The lowest BCUT2D eigenvalue weighted by atomic mass is 10.1. The zero-order chi connectivity index (χ0) is 14.5. The van der Waals surface area contributed by atoms with Crippen LogP contribution in [0.5, 0.6) is 0 Å². The summed E-state index contributed by atoms with van der Waals surface area (Å²) in [6.07, 6.45) is 0. The van der Waals surface area contributed by atoms with Crippen LogP contribution in [0.2, 0.25) is 0 Å². The molecule has 2 aromatic rings. The lowest BCUT2D eigenvalue weighted by Crippen LogP contribution is -2.11. The Morgan fingerprint density at radius 1 is 1.20 bits per heavy atom. The predicted molar refractivity (Wildman–Crippen MR) is 78.8 cm³/mol. The second kappa shape index (κ2) is 6.58. The molecule has 1 N–H and O–H groups in total. The van der Waals surface area contributed by atoms with Crippen molar-refractivity contribution in [2.45, 2.75) is 5.75 Å². The van der Waals surface area contributed by atoms with E-state index in [1.165, 1.54) is 23.5 Å². The van der Waals surface area contributed by atoms with Crippen molar-refractivity contribution in [3.05, 3.63) is 57.8 Å². The van der Waals surface area contributed by atoms with Gasteiger partial charge in [0, 0.05) is 16.6 Å². The minimum Gasteiger partial charge on any atom is -0.478 e. The van der Waals surface area contributed by atoms with Gasteiger partial charge in [0.2, 0.25) is 0 Å². The van der Waals surface area contributed by atoms with E-state index in [0.717, 1.165) is 0 Å². The van der Waals surface area contributed by atoms with Crippen LogP contribution in [0.25, 0.3) is 0 Å². The first-order valence-corrected chi connectivity index (χ1v) is 8.17. The second-order valence-corrected chi connectivity index (χ2v) is 6.54. The van der Waals surface area contributed by atoms with E-state index in [0.29, 0.717) is 10.4 Å². The summed E-state index contributed by atoms with van der Waals surface area (Å²) < 4.78 is 11.9. The Morgan fingerprint density at radius 2 is 2.00 bits per heavy atom. The molecule has 0 saturated carbocycles. The molecule has 1 aromatic carbocycles. The number of carbonyl (C=O) groups excluding carboxylic acids is 1. The predicted octanol–water partition coefficient (Wildman–Crippen LogP) is 2.58. The van der Waals surface area contributed by atoms with Crippen molar-refractivity contribution in [2.75, 3.05) is 5.75 Å². The summed E-state index contributed by atoms with van der Waals surface area (Å²) in [5.41, 5.74) is 0.811. The van der Waals surface area contributed by atoms with Gasteiger partial charge in [-0.15, -0.1) is 11.3 Å². The van der Waals surface area contributed by atoms with E-state index in [2.05, 4.69) is 0 Å². The van der Waals surface area contributed by atoms with E-state index in [1.54, 1.807) is 29.6 Å². The van der Waals surface area contributed by atoms with Crippen molar-refractivity contribution in [1.82, 2.24) is 0 Å². The molecule has 0 saturated heterocycles. The van der Waals surface area contributed by atoms with Gasteiger partial charge in [0.25, 0.3) is 0 Å². The van der Waals surface area contributed by atoms with E-state index < -0.39 is 16.8 Å². The Labute approximate surface area is 122 Å². The number of thiophene rings is 1. The molecule has 2 rings (SSSR count). The average molecular weight is 308 g/mol. The number of rotatable bonds is 6. The summed E-state index contributed by atoms with van der Waals surface area (Å²) in [6, 6.07) is 9.75. The van der Waals surface area contributed by atoms with Gasteiger partial charge in [-0.25, -0.2) is 4.79 Å². The smallest absolute Gasteiger partial charge is 0.335 e. The number of benzene rings is 1. The standard InChI is InChI=1S/C14H12O4S2/c15-12(13-5-2-6-19-13)9-20(18)8-10-3-1-4-11(7-10)14(16)17/h1-7H,8-9H2,(H,16,17). The monoisotopic (exact) mass is 308 g/mol. The van der Waals surface area contributed by atoms with Crippen LogP contribution in [-0.2, 0) is 16.6 Å². The molecule has 0 aliphatic rings. The third kappa shape index (κ3) is 3.85. The van der Waals surface area contributed by atoms with Crippen LogP contribution in [0, 0.1) is 0 Å². The van der Waals surface area contributed by atoms with E-state index in [1.807, 2.05) is 0 Å². The molecule has 0 aliphatic heterocycles. The third-order valence-electron chi connectivity index (χ3n) is 2.59. The fourth-order valence-electron chi connectivity index (χ4n) is 1.69. The molecule has 6 heteroatoms. The number of hydrogen-bond acceptors (Lipinski definition) is 4.